The van der Waals surface area contributed by atoms with Crippen LogP contribution in [-0.4, -0.2) is 28.4 Å². The Morgan fingerprint density at radius 3 is 2.81 bits per heavy atom. The number of carbonyl (C=O) groups is 1. The fraction of sp³-hybridized carbons (Fsp3) is 0.462. The summed E-state index contributed by atoms with van der Waals surface area (Å²) in [6.45, 7) is 3.86. The second kappa shape index (κ2) is 7.82. The summed E-state index contributed by atoms with van der Waals surface area (Å²) >= 11 is 1.75. The van der Waals surface area contributed by atoms with Gasteiger partial charge in [0.05, 0.1) is 16.6 Å². The van der Waals surface area contributed by atoms with Gasteiger partial charge >= 0.3 is 0 Å². The Balaban J connectivity index is 2.85. The highest BCUT2D eigenvalue weighted by Gasteiger charge is 2.22. The van der Waals surface area contributed by atoms with E-state index in [9.17, 15) is 19.3 Å². The molecule has 0 aliphatic rings. The number of nitro benzene ring substituents is 1. The van der Waals surface area contributed by atoms with Crippen LogP contribution in [0.25, 0.3) is 0 Å². The lowest BCUT2D eigenvalue weighted by Crippen LogP contribution is -2.33. The van der Waals surface area contributed by atoms with Gasteiger partial charge in [0.2, 0.25) is 0 Å². The summed E-state index contributed by atoms with van der Waals surface area (Å²) in [5, 5.41) is 13.4. The van der Waals surface area contributed by atoms with Gasteiger partial charge in [0.15, 0.2) is 0 Å². The van der Waals surface area contributed by atoms with Crippen molar-refractivity contribution in [1.29, 1.82) is 0 Å². The molecule has 21 heavy (non-hydrogen) atoms. The van der Waals surface area contributed by atoms with Gasteiger partial charge < -0.3 is 11.1 Å². The molecule has 1 rings (SSSR count). The van der Waals surface area contributed by atoms with Gasteiger partial charge in [0.25, 0.3) is 11.6 Å². The molecule has 0 aromatic heterocycles. The fourth-order valence-electron chi connectivity index (χ4n) is 1.72. The number of nitrogens with one attached hydrogen (secondary N) is 1. The number of nitrogens with zero attached hydrogens (tertiary/aromatic N) is 1. The zero-order valence-corrected chi connectivity index (χ0v) is 12.7. The fourth-order valence-corrected chi connectivity index (χ4v) is 2.53. The first kappa shape index (κ1) is 17.2. The van der Waals surface area contributed by atoms with Crippen LogP contribution in [0.2, 0.25) is 0 Å². The number of nitrogen functional groups attached to an aromatic ring is 1. The first-order valence-electron chi connectivity index (χ1n) is 6.48. The van der Waals surface area contributed by atoms with E-state index in [0.29, 0.717) is 6.07 Å². The minimum atomic E-state index is -0.866. The van der Waals surface area contributed by atoms with E-state index in [1.54, 1.807) is 11.8 Å². The molecule has 0 spiro atoms. The van der Waals surface area contributed by atoms with E-state index in [2.05, 4.69) is 5.32 Å². The third-order valence-electron chi connectivity index (χ3n) is 2.84. The molecule has 0 fully saturated rings. The van der Waals surface area contributed by atoms with E-state index >= 15 is 0 Å². The molecule has 0 aliphatic heterocycles. The van der Waals surface area contributed by atoms with Gasteiger partial charge in [-0.15, -0.1) is 0 Å². The number of nitrogens with two attached hydrogens (primary N) is 1. The smallest absolute Gasteiger partial charge is 0.295 e. The Bertz CT molecular complexity index is 540. The molecule has 0 heterocycles. The van der Waals surface area contributed by atoms with Crippen molar-refractivity contribution in [3.8, 4) is 0 Å². The Labute approximate surface area is 126 Å². The van der Waals surface area contributed by atoms with Crippen molar-refractivity contribution in [2.45, 2.75) is 26.3 Å². The molecule has 1 aromatic carbocycles. The molecule has 116 valence electrons. The molecule has 0 aliphatic carbocycles. The highest BCUT2D eigenvalue weighted by atomic mass is 32.2. The SMILES string of the molecule is CCSCCC(C)NC(=O)c1cc(F)cc([N+](=O)[O-])c1N. The number of amides is 1. The van der Waals surface area contributed by atoms with Crippen LogP contribution in [0, 0.1) is 15.9 Å². The van der Waals surface area contributed by atoms with Crippen LogP contribution in [0.3, 0.4) is 0 Å². The molecule has 1 atom stereocenters. The summed E-state index contributed by atoms with van der Waals surface area (Å²) in [4.78, 5) is 22.0. The average Bonchev–Trinajstić information content (AvgIpc) is 2.40. The normalized spacial score (nSPS) is 12.0. The van der Waals surface area contributed by atoms with Crippen LogP contribution >= 0.6 is 11.8 Å². The van der Waals surface area contributed by atoms with Crippen molar-refractivity contribution in [2.24, 2.45) is 0 Å². The van der Waals surface area contributed by atoms with Crippen LogP contribution < -0.4 is 11.1 Å². The van der Waals surface area contributed by atoms with Gasteiger partial charge in [-0.05, 0) is 30.9 Å². The zero-order chi connectivity index (χ0) is 16.0. The summed E-state index contributed by atoms with van der Waals surface area (Å²) in [7, 11) is 0. The third kappa shape index (κ3) is 4.89. The number of carbonyl (C=O) groups excluding carboxylic acids is 1. The number of halogens is 1. The highest BCUT2D eigenvalue weighted by Crippen LogP contribution is 2.26. The maximum Gasteiger partial charge on any atom is 0.295 e. The van der Waals surface area contributed by atoms with E-state index in [1.807, 2.05) is 13.8 Å². The van der Waals surface area contributed by atoms with Crippen molar-refractivity contribution in [3.63, 3.8) is 0 Å². The van der Waals surface area contributed by atoms with Gasteiger partial charge in [-0.2, -0.15) is 11.8 Å². The number of nitro groups is 1. The van der Waals surface area contributed by atoms with Gasteiger partial charge in [-0.3, -0.25) is 14.9 Å². The lowest BCUT2D eigenvalue weighted by Gasteiger charge is -2.14. The van der Waals surface area contributed by atoms with Crippen LogP contribution in [0.1, 0.15) is 30.6 Å². The Kier molecular flexibility index (Phi) is 6.41. The van der Waals surface area contributed by atoms with Gasteiger partial charge in [-0.1, -0.05) is 6.92 Å². The number of hydrogen-bond acceptors (Lipinski definition) is 5. The number of rotatable bonds is 7. The van der Waals surface area contributed by atoms with E-state index in [-0.39, 0.29) is 17.3 Å². The van der Waals surface area contributed by atoms with E-state index in [0.717, 1.165) is 24.0 Å². The molecule has 0 bridgehead atoms. The van der Waals surface area contributed by atoms with Crippen molar-refractivity contribution in [3.05, 3.63) is 33.6 Å². The highest BCUT2D eigenvalue weighted by molar-refractivity contribution is 7.99. The van der Waals surface area contributed by atoms with Crippen LogP contribution in [0.15, 0.2) is 12.1 Å². The van der Waals surface area contributed by atoms with Crippen molar-refractivity contribution >= 4 is 29.0 Å². The average molecular weight is 315 g/mol. The largest absolute Gasteiger partial charge is 0.393 e. The Morgan fingerprint density at radius 2 is 2.24 bits per heavy atom. The summed E-state index contributed by atoms with van der Waals surface area (Å²) in [6, 6.07) is 1.48. The predicted octanol–water partition coefficient (Wildman–Crippen LogP) is 2.58. The molecule has 1 amide bonds. The number of thioether (sulfide) groups is 1. The van der Waals surface area contributed by atoms with Crippen LogP contribution in [-0.2, 0) is 0 Å². The zero-order valence-electron chi connectivity index (χ0n) is 11.9. The van der Waals surface area contributed by atoms with Crippen molar-refractivity contribution < 1.29 is 14.1 Å². The number of anilines is 1. The van der Waals surface area contributed by atoms with Crippen LogP contribution in [0.4, 0.5) is 15.8 Å². The van der Waals surface area contributed by atoms with Gasteiger partial charge in [0.1, 0.15) is 11.5 Å². The van der Waals surface area contributed by atoms with E-state index in [4.69, 9.17) is 5.73 Å². The van der Waals surface area contributed by atoms with E-state index < -0.39 is 22.3 Å². The first-order chi connectivity index (χ1) is 9.86. The molecular weight excluding hydrogens is 297 g/mol. The topological polar surface area (TPSA) is 98.3 Å². The monoisotopic (exact) mass is 315 g/mol. The van der Waals surface area contributed by atoms with E-state index in [1.165, 1.54) is 0 Å². The number of hydrogen-bond donors (Lipinski definition) is 2. The molecule has 6 nitrogen and oxygen atoms in total. The molecule has 8 heteroatoms. The molecule has 0 saturated heterocycles. The maximum absolute atomic E-state index is 13.4. The lowest BCUT2D eigenvalue weighted by molar-refractivity contribution is -0.384. The summed E-state index contributed by atoms with van der Waals surface area (Å²) in [5.74, 6) is 0.403. The minimum Gasteiger partial charge on any atom is -0.393 e. The predicted molar refractivity (Wildman–Crippen MR) is 82.0 cm³/mol. The summed E-state index contributed by atoms with van der Waals surface area (Å²) in [5.41, 5.74) is 4.44. The minimum absolute atomic E-state index is 0.127. The number of benzene rings is 1. The Morgan fingerprint density at radius 1 is 1.57 bits per heavy atom. The second-order valence-electron chi connectivity index (χ2n) is 4.50. The quantitative estimate of drug-likeness (QED) is 0.349. The second-order valence-corrected chi connectivity index (χ2v) is 5.90. The van der Waals surface area contributed by atoms with Crippen molar-refractivity contribution in [2.75, 3.05) is 17.2 Å². The molecule has 3 N–H and O–H groups in total. The van der Waals surface area contributed by atoms with Gasteiger partial charge in [0, 0.05) is 6.04 Å². The molecular formula is C13H18FN3O3S. The summed E-state index contributed by atoms with van der Waals surface area (Å²) < 4.78 is 13.4. The van der Waals surface area contributed by atoms with Gasteiger partial charge in [-0.25, -0.2) is 4.39 Å². The standard InChI is InChI=1S/C13H18FN3O3S/c1-3-21-5-4-8(2)16-13(18)10-6-9(14)7-11(12(10)15)17(19)20/h6-8H,3-5,15H2,1-2H3,(H,16,18). The Hall–Kier alpha value is -1.83. The third-order valence-corrected chi connectivity index (χ3v) is 3.77. The molecule has 0 saturated carbocycles. The molecule has 0 radical (unpaired) electrons. The molecule has 1 aromatic rings. The van der Waals surface area contributed by atoms with Crippen molar-refractivity contribution in [1.82, 2.24) is 5.32 Å². The maximum atomic E-state index is 13.4. The lowest BCUT2D eigenvalue weighted by atomic mass is 10.1. The first-order valence-corrected chi connectivity index (χ1v) is 7.64. The van der Waals surface area contributed by atoms with Crippen LogP contribution in [0.5, 0.6) is 0 Å². The summed E-state index contributed by atoms with van der Waals surface area (Å²) in [6.07, 6.45) is 0.752. The molecule has 1 unspecified atom stereocenters.